The van der Waals surface area contributed by atoms with E-state index in [9.17, 15) is 9.18 Å². The standard InChI is InChI=1S/C18H21FN2O/c1-13(15-8-10-16(19)11-9-15)12-20-14(2)18(22)21-17-6-4-3-5-7-17/h3-11,13-14,20H,12H2,1-2H3,(H,21,22). The Morgan fingerprint density at radius 3 is 2.32 bits per heavy atom. The first-order valence-electron chi connectivity index (χ1n) is 7.41. The highest BCUT2D eigenvalue weighted by molar-refractivity contribution is 5.94. The maximum absolute atomic E-state index is 12.9. The smallest absolute Gasteiger partial charge is 0.241 e. The third kappa shape index (κ3) is 4.67. The van der Waals surface area contributed by atoms with Gasteiger partial charge in [0.2, 0.25) is 5.91 Å². The maximum Gasteiger partial charge on any atom is 0.241 e. The molecule has 0 aliphatic carbocycles. The van der Waals surface area contributed by atoms with Gasteiger partial charge in [-0.15, -0.1) is 0 Å². The molecule has 0 saturated heterocycles. The second kappa shape index (κ2) is 7.71. The van der Waals surface area contributed by atoms with Gasteiger partial charge in [0.1, 0.15) is 5.82 Å². The summed E-state index contributed by atoms with van der Waals surface area (Å²) in [5, 5.41) is 6.07. The fraction of sp³-hybridized carbons (Fsp3) is 0.278. The molecule has 0 aromatic heterocycles. The predicted octanol–water partition coefficient (Wildman–Crippen LogP) is 3.55. The first-order valence-corrected chi connectivity index (χ1v) is 7.41. The van der Waals surface area contributed by atoms with E-state index in [-0.39, 0.29) is 23.7 Å². The molecule has 1 amide bonds. The molecule has 0 heterocycles. The van der Waals surface area contributed by atoms with Crippen LogP contribution in [-0.4, -0.2) is 18.5 Å². The molecular formula is C18H21FN2O. The van der Waals surface area contributed by atoms with Crippen molar-refractivity contribution < 1.29 is 9.18 Å². The fourth-order valence-electron chi connectivity index (χ4n) is 2.13. The minimum atomic E-state index is -0.303. The molecule has 22 heavy (non-hydrogen) atoms. The van der Waals surface area contributed by atoms with E-state index in [1.807, 2.05) is 44.2 Å². The average molecular weight is 300 g/mol. The molecule has 116 valence electrons. The molecule has 2 rings (SSSR count). The van der Waals surface area contributed by atoms with Crippen molar-refractivity contribution in [3.05, 3.63) is 66.0 Å². The largest absolute Gasteiger partial charge is 0.325 e. The predicted molar refractivity (Wildman–Crippen MR) is 87.4 cm³/mol. The zero-order valence-corrected chi connectivity index (χ0v) is 12.8. The van der Waals surface area contributed by atoms with Crippen LogP contribution in [0.5, 0.6) is 0 Å². The van der Waals surface area contributed by atoms with Gasteiger partial charge >= 0.3 is 0 Å². The number of nitrogens with one attached hydrogen (secondary N) is 2. The van der Waals surface area contributed by atoms with Gasteiger partial charge in [0.05, 0.1) is 6.04 Å². The molecule has 4 heteroatoms. The number of halogens is 1. The second-order valence-corrected chi connectivity index (χ2v) is 5.44. The highest BCUT2D eigenvalue weighted by Crippen LogP contribution is 2.15. The molecule has 3 nitrogen and oxygen atoms in total. The van der Waals surface area contributed by atoms with Gasteiger partial charge in [-0.3, -0.25) is 4.79 Å². The van der Waals surface area contributed by atoms with Crippen molar-refractivity contribution in [1.29, 1.82) is 0 Å². The zero-order chi connectivity index (χ0) is 15.9. The summed E-state index contributed by atoms with van der Waals surface area (Å²) < 4.78 is 12.9. The summed E-state index contributed by atoms with van der Waals surface area (Å²) in [5.74, 6) is -0.107. The highest BCUT2D eigenvalue weighted by Gasteiger charge is 2.14. The Morgan fingerprint density at radius 1 is 1.05 bits per heavy atom. The Hall–Kier alpha value is -2.20. The quantitative estimate of drug-likeness (QED) is 0.856. The van der Waals surface area contributed by atoms with E-state index < -0.39 is 0 Å². The number of hydrogen-bond donors (Lipinski definition) is 2. The van der Waals surface area contributed by atoms with Crippen LogP contribution in [0.4, 0.5) is 10.1 Å². The molecule has 2 unspecified atom stereocenters. The monoisotopic (exact) mass is 300 g/mol. The van der Waals surface area contributed by atoms with Crippen LogP contribution in [0.1, 0.15) is 25.3 Å². The number of carbonyl (C=O) groups excluding carboxylic acids is 1. The minimum Gasteiger partial charge on any atom is -0.325 e. The van der Waals surface area contributed by atoms with Crippen LogP contribution < -0.4 is 10.6 Å². The summed E-state index contributed by atoms with van der Waals surface area (Å²) in [6.45, 7) is 4.52. The summed E-state index contributed by atoms with van der Waals surface area (Å²) in [4.78, 5) is 12.1. The van der Waals surface area contributed by atoms with Gasteiger partial charge in [-0.1, -0.05) is 37.3 Å². The molecule has 0 spiro atoms. The van der Waals surface area contributed by atoms with Crippen molar-refractivity contribution in [2.45, 2.75) is 25.8 Å². The van der Waals surface area contributed by atoms with Crippen LogP contribution in [0, 0.1) is 5.82 Å². The van der Waals surface area contributed by atoms with E-state index in [2.05, 4.69) is 10.6 Å². The normalized spacial score (nSPS) is 13.4. The lowest BCUT2D eigenvalue weighted by Crippen LogP contribution is -2.39. The van der Waals surface area contributed by atoms with E-state index in [0.29, 0.717) is 6.54 Å². The maximum atomic E-state index is 12.9. The zero-order valence-electron chi connectivity index (χ0n) is 12.8. The molecule has 2 atom stereocenters. The SMILES string of the molecule is CC(NCC(C)c1ccc(F)cc1)C(=O)Nc1ccccc1. The minimum absolute atomic E-state index is 0.0718. The van der Waals surface area contributed by atoms with Gasteiger partial charge in [0.25, 0.3) is 0 Å². The second-order valence-electron chi connectivity index (χ2n) is 5.44. The van der Waals surface area contributed by atoms with Crippen molar-refractivity contribution in [1.82, 2.24) is 5.32 Å². The van der Waals surface area contributed by atoms with E-state index in [1.165, 1.54) is 12.1 Å². The lowest BCUT2D eigenvalue weighted by atomic mass is 10.0. The lowest BCUT2D eigenvalue weighted by Gasteiger charge is -2.18. The number of amides is 1. The molecule has 2 N–H and O–H groups in total. The Morgan fingerprint density at radius 2 is 1.68 bits per heavy atom. The van der Waals surface area contributed by atoms with Crippen LogP contribution in [0.2, 0.25) is 0 Å². The molecule has 2 aromatic carbocycles. The summed E-state index contributed by atoms with van der Waals surface area (Å²) in [6.07, 6.45) is 0. The van der Waals surface area contributed by atoms with Crippen LogP contribution in [0.15, 0.2) is 54.6 Å². The van der Waals surface area contributed by atoms with Crippen LogP contribution in [-0.2, 0) is 4.79 Å². The molecule has 0 aliphatic heterocycles. The summed E-state index contributed by atoms with van der Waals surface area (Å²) in [5.41, 5.74) is 1.83. The summed E-state index contributed by atoms with van der Waals surface area (Å²) in [7, 11) is 0. The van der Waals surface area contributed by atoms with Crippen molar-refractivity contribution in [3.8, 4) is 0 Å². The Bertz CT molecular complexity index is 598. The van der Waals surface area contributed by atoms with Crippen molar-refractivity contribution >= 4 is 11.6 Å². The number of rotatable bonds is 6. The fourth-order valence-corrected chi connectivity index (χ4v) is 2.13. The Kier molecular flexibility index (Phi) is 5.67. The highest BCUT2D eigenvalue weighted by atomic mass is 19.1. The average Bonchev–Trinajstić information content (AvgIpc) is 2.53. The third-order valence-electron chi connectivity index (χ3n) is 3.60. The van der Waals surface area contributed by atoms with Crippen molar-refractivity contribution in [2.75, 3.05) is 11.9 Å². The van der Waals surface area contributed by atoms with E-state index in [0.717, 1.165) is 11.3 Å². The van der Waals surface area contributed by atoms with Crippen LogP contribution in [0.25, 0.3) is 0 Å². The molecule has 0 radical (unpaired) electrons. The number of benzene rings is 2. The van der Waals surface area contributed by atoms with Crippen molar-refractivity contribution in [2.24, 2.45) is 0 Å². The van der Waals surface area contributed by atoms with Gasteiger partial charge in [-0.2, -0.15) is 0 Å². The molecule has 0 saturated carbocycles. The van der Waals surface area contributed by atoms with Gasteiger partial charge < -0.3 is 10.6 Å². The first-order chi connectivity index (χ1) is 10.6. The molecule has 2 aromatic rings. The van der Waals surface area contributed by atoms with Crippen LogP contribution in [0.3, 0.4) is 0 Å². The topological polar surface area (TPSA) is 41.1 Å². The number of anilines is 1. The summed E-state index contributed by atoms with van der Waals surface area (Å²) in [6, 6.07) is 15.5. The molecule has 0 aliphatic rings. The van der Waals surface area contributed by atoms with Crippen LogP contribution >= 0.6 is 0 Å². The molecule has 0 bridgehead atoms. The Labute approximate surface area is 130 Å². The first kappa shape index (κ1) is 16.2. The molecular weight excluding hydrogens is 279 g/mol. The van der Waals surface area contributed by atoms with Gasteiger partial charge in [0.15, 0.2) is 0 Å². The Balaban J connectivity index is 1.82. The number of para-hydroxylation sites is 1. The lowest BCUT2D eigenvalue weighted by molar-refractivity contribution is -0.117. The van der Waals surface area contributed by atoms with Crippen molar-refractivity contribution in [3.63, 3.8) is 0 Å². The summed E-state index contributed by atoms with van der Waals surface area (Å²) >= 11 is 0. The van der Waals surface area contributed by atoms with Gasteiger partial charge in [-0.25, -0.2) is 4.39 Å². The molecule has 0 fully saturated rings. The van der Waals surface area contributed by atoms with E-state index in [1.54, 1.807) is 12.1 Å². The number of hydrogen-bond acceptors (Lipinski definition) is 2. The number of carbonyl (C=O) groups is 1. The van der Waals surface area contributed by atoms with E-state index in [4.69, 9.17) is 0 Å². The third-order valence-corrected chi connectivity index (χ3v) is 3.60. The van der Waals surface area contributed by atoms with Gasteiger partial charge in [0, 0.05) is 12.2 Å². The van der Waals surface area contributed by atoms with Gasteiger partial charge in [-0.05, 0) is 42.7 Å². The van der Waals surface area contributed by atoms with E-state index >= 15 is 0 Å².